The molecule has 0 aromatic carbocycles. The second kappa shape index (κ2) is 5.40. The predicted octanol–water partition coefficient (Wildman–Crippen LogP) is 3.68. The van der Waals surface area contributed by atoms with Crippen LogP contribution in [0.4, 0.5) is 0 Å². The summed E-state index contributed by atoms with van der Waals surface area (Å²) < 4.78 is 9.13. The van der Waals surface area contributed by atoms with Crippen LogP contribution in [0.5, 0.6) is 0 Å². The lowest BCUT2D eigenvalue weighted by Gasteiger charge is -2.15. The van der Waals surface area contributed by atoms with Crippen molar-refractivity contribution in [2.24, 2.45) is 0 Å². The summed E-state index contributed by atoms with van der Waals surface area (Å²) in [6.45, 7) is 8.67. The van der Waals surface area contributed by atoms with Crippen molar-refractivity contribution in [3.8, 4) is 0 Å². The van der Waals surface area contributed by atoms with Crippen molar-refractivity contribution in [2.75, 3.05) is 6.61 Å². The van der Waals surface area contributed by atoms with Gasteiger partial charge in [0.15, 0.2) is 0 Å². The van der Waals surface area contributed by atoms with Crippen LogP contribution in [-0.2, 0) is 11.5 Å². The highest BCUT2D eigenvalue weighted by atomic mass is 127. The number of hydrogen-bond acceptors (Lipinski definition) is 2. The molecule has 1 aliphatic carbocycles. The first kappa shape index (κ1) is 13.5. The van der Waals surface area contributed by atoms with Gasteiger partial charge in [-0.25, -0.2) is 4.98 Å². The first-order chi connectivity index (χ1) is 7.97. The van der Waals surface area contributed by atoms with Gasteiger partial charge in [-0.1, -0.05) is 19.6 Å². The smallest absolute Gasteiger partial charge is 0.124 e. The van der Waals surface area contributed by atoms with E-state index in [-0.39, 0.29) is 0 Å². The van der Waals surface area contributed by atoms with E-state index in [1.165, 1.54) is 28.3 Å². The van der Waals surface area contributed by atoms with E-state index in [4.69, 9.17) is 4.74 Å². The van der Waals surface area contributed by atoms with E-state index in [0.717, 1.165) is 12.5 Å². The normalized spacial score (nSPS) is 16.5. The Kier molecular flexibility index (Phi) is 4.30. The van der Waals surface area contributed by atoms with E-state index in [1.54, 1.807) is 0 Å². The highest BCUT2D eigenvalue weighted by Gasteiger charge is 2.28. The standard InChI is InChI=1S/C12H21IN2OSi/c1-17(2,3)7-6-16-9-15-8-14-11(12(15)13)10-4-5-10/h8,10H,4-7,9H2,1-3H3. The fourth-order valence-corrected chi connectivity index (χ4v) is 3.25. The van der Waals surface area contributed by atoms with Crippen LogP contribution in [0.3, 0.4) is 0 Å². The van der Waals surface area contributed by atoms with E-state index >= 15 is 0 Å². The lowest BCUT2D eigenvalue weighted by atomic mass is 10.3. The number of nitrogens with zero attached hydrogens (tertiary/aromatic N) is 2. The molecular weight excluding hydrogens is 343 g/mol. The molecule has 0 amide bonds. The third-order valence-corrected chi connectivity index (χ3v) is 5.87. The van der Waals surface area contributed by atoms with Crippen LogP contribution in [0.25, 0.3) is 0 Å². The van der Waals surface area contributed by atoms with Crippen LogP contribution >= 0.6 is 22.6 Å². The van der Waals surface area contributed by atoms with Crippen molar-refractivity contribution in [3.05, 3.63) is 15.7 Å². The molecule has 0 aliphatic heterocycles. The molecule has 96 valence electrons. The van der Waals surface area contributed by atoms with Crippen LogP contribution in [0.1, 0.15) is 24.5 Å². The Hall–Kier alpha value is 0.117. The van der Waals surface area contributed by atoms with Gasteiger partial charge in [0, 0.05) is 20.6 Å². The van der Waals surface area contributed by atoms with Gasteiger partial charge in [-0.05, 0) is 41.5 Å². The Morgan fingerprint density at radius 3 is 2.76 bits per heavy atom. The molecule has 0 saturated heterocycles. The van der Waals surface area contributed by atoms with E-state index in [9.17, 15) is 0 Å². The highest BCUT2D eigenvalue weighted by Crippen LogP contribution is 2.40. The van der Waals surface area contributed by atoms with Crippen molar-refractivity contribution in [1.82, 2.24) is 9.55 Å². The summed E-state index contributed by atoms with van der Waals surface area (Å²) in [6, 6.07) is 1.23. The van der Waals surface area contributed by atoms with E-state index in [0.29, 0.717) is 6.73 Å². The maximum Gasteiger partial charge on any atom is 0.124 e. The first-order valence-electron chi connectivity index (χ1n) is 6.25. The largest absolute Gasteiger partial charge is 0.361 e. The van der Waals surface area contributed by atoms with Crippen molar-refractivity contribution in [3.63, 3.8) is 0 Å². The fourth-order valence-electron chi connectivity index (χ4n) is 1.64. The second-order valence-corrected chi connectivity index (χ2v) is 12.7. The van der Waals surface area contributed by atoms with Gasteiger partial charge in [0.05, 0.1) is 12.0 Å². The molecule has 1 aliphatic rings. The molecule has 5 heteroatoms. The van der Waals surface area contributed by atoms with Gasteiger partial charge < -0.3 is 9.30 Å². The summed E-state index contributed by atoms with van der Waals surface area (Å²) in [5, 5.41) is 0. The number of imidazole rings is 1. The molecule has 0 radical (unpaired) electrons. The molecular formula is C12H21IN2OSi. The van der Waals surface area contributed by atoms with Crippen molar-refractivity contribution in [2.45, 2.75) is 51.2 Å². The first-order valence-corrected chi connectivity index (χ1v) is 11.0. The van der Waals surface area contributed by atoms with Crippen molar-refractivity contribution >= 4 is 30.7 Å². The van der Waals surface area contributed by atoms with Crippen molar-refractivity contribution in [1.29, 1.82) is 0 Å². The summed E-state index contributed by atoms with van der Waals surface area (Å²) in [5.74, 6) is 0.727. The van der Waals surface area contributed by atoms with Crippen LogP contribution in [0.15, 0.2) is 6.33 Å². The number of halogens is 1. The Bertz CT molecular complexity index is 382. The van der Waals surface area contributed by atoms with Crippen LogP contribution in [-0.4, -0.2) is 24.2 Å². The molecule has 1 saturated carbocycles. The summed E-state index contributed by atoms with van der Waals surface area (Å²) in [4.78, 5) is 4.49. The molecule has 3 nitrogen and oxygen atoms in total. The van der Waals surface area contributed by atoms with Gasteiger partial charge in [0.1, 0.15) is 10.4 Å². The average molecular weight is 364 g/mol. The van der Waals surface area contributed by atoms with E-state index in [2.05, 4.69) is 51.8 Å². The lowest BCUT2D eigenvalue weighted by molar-refractivity contribution is 0.0855. The number of hydrogen-bond donors (Lipinski definition) is 0. The van der Waals surface area contributed by atoms with Crippen LogP contribution in [0.2, 0.25) is 25.7 Å². The van der Waals surface area contributed by atoms with Crippen LogP contribution < -0.4 is 0 Å². The quantitative estimate of drug-likeness (QED) is 0.438. The third-order valence-electron chi connectivity index (χ3n) is 2.99. The van der Waals surface area contributed by atoms with E-state index < -0.39 is 8.07 Å². The molecule has 0 unspecified atom stereocenters. The van der Waals surface area contributed by atoms with E-state index in [1.807, 2.05) is 6.33 Å². The minimum absolute atomic E-state index is 0.655. The van der Waals surface area contributed by atoms with Gasteiger partial charge in [-0.2, -0.15) is 0 Å². The summed E-state index contributed by atoms with van der Waals surface area (Å²) in [5.41, 5.74) is 1.28. The lowest BCUT2D eigenvalue weighted by Crippen LogP contribution is -2.22. The van der Waals surface area contributed by atoms with Gasteiger partial charge in [-0.15, -0.1) is 0 Å². The summed E-state index contributed by atoms with van der Waals surface area (Å²) >= 11 is 2.39. The monoisotopic (exact) mass is 364 g/mol. The van der Waals surface area contributed by atoms with Gasteiger partial charge in [0.2, 0.25) is 0 Å². The molecule has 0 atom stereocenters. The molecule has 1 fully saturated rings. The highest BCUT2D eigenvalue weighted by molar-refractivity contribution is 14.1. The predicted molar refractivity (Wildman–Crippen MR) is 81.0 cm³/mol. The SMILES string of the molecule is C[Si](C)(C)CCOCn1cnc(C2CC2)c1I. The Balaban J connectivity index is 1.79. The fraction of sp³-hybridized carbons (Fsp3) is 0.750. The molecule has 0 bridgehead atoms. The second-order valence-electron chi connectivity index (χ2n) is 6.01. The Morgan fingerprint density at radius 2 is 2.18 bits per heavy atom. The molecule has 1 aromatic rings. The Morgan fingerprint density at radius 1 is 1.47 bits per heavy atom. The average Bonchev–Trinajstić information content (AvgIpc) is 2.99. The van der Waals surface area contributed by atoms with Crippen LogP contribution in [0, 0.1) is 3.70 Å². The topological polar surface area (TPSA) is 27.1 Å². The molecule has 0 spiro atoms. The van der Waals surface area contributed by atoms with Gasteiger partial charge in [0.25, 0.3) is 0 Å². The zero-order valence-electron chi connectivity index (χ0n) is 10.9. The molecule has 1 aromatic heterocycles. The zero-order valence-corrected chi connectivity index (χ0v) is 14.0. The van der Waals surface area contributed by atoms with Gasteiger partial charge in [-0.3, -0.25) is 0 Å². The molecule has 2 rings (SSSR count). The maximum atomic E-state index is 5.74. The maximum absolute atomic E-state index is 5.74. The summed E-state index contributed by atoms with van der Waals surface area (Å²) in [7, 11) is -0.963. The summed E-state index contributed by atoms with van der Waals surface area (Å²) in [6.07, 6.45) is 4.54. The van der Waals surface area contributed by atoms with Gasteiger partial charge >= 0.3 is 0 Å². The minimum atomic E-state index is -0.963. The van der Waals surface area contributed by atoms with Crippen molar-refractivity contribution < 1.29 is 4.74 Å². The zero-order chi connectivity index (χ0) is 12.5. The third kappa shape index (κ3) is 4.06. The number of aromatic nitrogens is 2. The minimum Gasteiger partial charge on any atom is -0.361 e. The molecule has 17 heavy (non-hydrogen) atoms. The number of rotatable bonds is 6. The molecule has 1 heterocycles. The molecule has 0 N–H and O–H groups in total. The number of ether oxygens (including phenoxy) is 1. The Labute approximate surface area is 118 Å².